The van der Waals surface area contributed by atoms with Gasteiger partial charge in [-0.05, 0) is 31.5 Å². The van der Waals surface area contributed by atoms with Crippen LogP contribution in [-0.2, 0) is 0 Å². The van der Waals surface area contributed by atoms with E-state index < -0.39 is 0 Å². The second-order valence-corrected chi connectivity index (χ2v) is 4.62. The van der Waals surface area contributed by atoms with Crippen LogP contribution in [0.15, 0.2) is 24.4 Å². The van der Waals surface area contributed by atoms with E-state index in [-0.39, 0.29) is 0 Å². The molecule has 1 saturated heterocycles. The van der Waals surface area contributed by atoms with E-state index in [0.29, 0.717) is 11.1 Å². The minimum atomic E-state index is 0.483. The van der Waals surface area contributed by atoms with E-state index in [4.69, 9.17) is 11.6 Å². The summed E-state index contributed by atoms with van der Waals surface area (Å²) in [5.41, 5.74) is 1.00. The van der Waals surface area contributed by atoms with Crippen molar-refractivity contribution in [1.82, 2.24) is 14.7 Å². The maximum atomic E-state index is 6.14. The Balaban J connectivity index is 2.08. The molecule has 1 N–H and O–H groups in total. The highest BCUT2D eigenvalue weighted by molar-refractivity contribution is 6.32. The van der Waals surface area contributed by atoms with E-state index in [9.17, 15) is 0 Å². The highest BCUT2D eigenvalue weighted by Crippen LogP contribution is 2.26. The number of nitrogens with zero attached hydrogens (tertiary/aromatic N) is 2. The van der Waals surface area contributed by atoms with E-state index in [1.165, 1.54) is 12.8 Å². The van der Waals surface area contributed by atoms with Crippen LogP contribution in [0.1, 0.15) is 24.6 Å². The molecule has 1 unspecified atom stereocenters. The molecule has 1 fully saturated rings. The third-order valence-electron chi connectivity index (χ3n) is 3.19. The van der Waals surface area contributed by atoms with Gasteiger partial charge in [0, 0.05) is 18.7 Å². The minimum absolute atomic E-state index is 0.483. The fraction of sp³-hybridized carbons (Fsp3) is 0.417. The van der Waals surface area contributed by atoms with Crippen LogP contribution in [-0.4, -0.2) is 22.5 Å². The van der Waals surface area contributed by atoms with Crippen molar-refractivity contribution in [3.8, 4) is 0 Å². The summed E-state index contributed by atoms with van der Waals surface area (Å²) in [4.78, 5) is 4.50. The Morgan fingerprint density at radius 2 is 2.38 bits per heavy atom. The molecule has 3 nitrogen and oxygen atoms in total. The normalized spacial score (nSPS) is 21.4. The van der Waals surface area contributed by atoms with E-state index in [1.54, 1.807) is 0 Å². The van der Waals surface area contributed by atoms with Gasteiger partial charge in [-0.1, -0.05) is 17.7 Å². The summed E-state index contributed by atoms with van der Waals surface area (Å²) in [7, 11) is 0. The molecule has 0 saturated carbocycles. The zero-order valence-electron chi connectivity index (χ0n) is 8.99. The number of imidazole rings is 1. The van der Waals surface area contributed by atoms with Crippen molar-refractivity contribution in [2.75, 3.05) is 13.1 Å². The summed E-state index contributed by atoms with van der Waals surface area (Å²) >= 11 is 6.14. The van der Waals surface area contributed by atoms with Gasteiger partial charge >= 0.3 is 0 Å². The van der Waals surface area contributed by atoms with Crippen molar-refractivity contribution in [2.45, 2.75) is 18.8 Å². The molecule has 1 atom stereocenters. The third-order valence-corrected chi connectivity index (χ3v) is 3.47. The predicted octanol–water partition coefficient (Wildman–Crippen LogP) is 2.45. The standard InChI is InChI=1S/C12H14ClN3/c13-11-10-5-1-2-7-16(10)12(15-11)9-4-3-6-14-8-9/h1-2,5,7,9,14H,3-4,6,8H2. The Hall–Kier alpha value is -1.06. The Morgan fingerprint density at radius 1 is 1.44 bits per heavy atom. The Kier molecular flexibility index (Phi) is 2.58. The summed E-state index contributed by atoms with van der Waals surface area (Å²) in [5, 5.41) is 4.02. The van der Waals surface area contributed by atoms with Crippen LogP contribution in [0.5, 0.6) is 0 Å². The molecule has 2 aromatic heterocycles. The summed E-state index contributed by atoms with van der Waals surface area (Å²) in [6.07, 6.45) is 4.44. The lowest BCUT2D eigenvalue weighted by Gasteiger charge is -2.21. The van der Waals surface area contributed by atoms with Crippen molar-refractivity contribution in [3.05, 3.63) is 35.4 Å². The average Bonchev–Trinajstić information content (AvgIpc) is 2.69. The van der Waals surface area contributed by atoms with E-state index in [1.807, 2.05) is 24.4 Å². The van der Waals surface area contributed by atoms with Gasteiger partial charge in [0.1, 0.15) is 5.82 Å². The molecule has 1 aliphatic rings. The van der Waals surface area contributed by atoms with Crippen LogP contribution in [0.2, 0.25) is 5.15 Å². The molecule has 0 amide bonds. The minimum Gasteiger partial charge on any atom is -0.316 e. The van der Waals surface area contributed by atoms with Gasteiger partial charge in [0.15, 0.2) is 5.15 Å². The molecule has 0 aliphatic carbocycles. The lowest BCUT2D eigenvalue weighted by molar-refractivity contribution is 0.445. The second kappa shape index (κ2) is 4.07. The summed E-state index contributed by atoms with van der Waals surface area (Å²) in [6, 6.07) is 6.02. The molecule has 84 valence electrons. The second-order valence-electron chi connectivity index (χ2n) is 4.26. The predicted molar refractivity (Wildman–Crippen MR) is 65.0 cm³/mol. The van der Waals surface area contributed by atoms with Crippen molar-refractivity contribution >= 4 is 17.1 Å². The van der Waals surface area contributed by atoms with Crippen LogP contribution in [0, 0.1) is 0 Å². The highest BCUT2D eigenvalue weighted by atomic mass is 35.5. The number of piperidine rings is 1. The number of aromatic nitrogens is 2. The SMILES string of the molecule is Clc1nc(C2CCCNC2)n2ccccc12. The molecule has 3 rings (SSSR count). The van der Waals surface area contributed by atoms with Crippen molar-refractivity contribution < 1.29 is 0 Å². The van der Waals surface area contributed by atoms with Crippen molar-refractivity contribution in [3.63, 3.8) is 0 Å². The number of nitrogens with one attached hydrogen (secondary N) is 1. The fourth-order valence-corrected chi connectivity index (χ4v) is 2.62. The first-order valence-electron chi connectivity index (χ1n) is 5.69. The zero-order chi connectivity index (χ0) is 11.0. The quantitative estimate of drug-likeness (QED) is 0.823. The van der Waals surface area contributed by atoms with E-state index in [2.05, 4.69) is 14.7 Å². The van der Waals surface area contributed by atoms with Crippen molar-refractivity contribution in [1.29, 1.82) is 0 Å². The Labute approximate surface area is 99.4 Å². The monoisotopic (exact) mass is 235 g/mol. The van der Waals surface area contributed by atoms with Crippen LogP contribution in [0.25, 0.3) is 5.52 Å². The first kappa shape index (κ1) is 10.1. The molecule has 16 heavy (non-hydrogen) atoms. The molecular weight excluding hydrogens is 222 g/mol. The maximum Gasteiger partial charge on any atom is 0.155 e. The largest absolute Gasteiger partial charge is 0.316 e. The molecule has 0 bridgehead atoms. The van der Waals surface area contributed by atoms with Crippen LogP contribution in [0.3, 0.4) is 0 Å². The number of fused-ring (bicyclic) bond motifs is 1. The zero-order valence-corrected chi connectivity index (χ0v) is 9.74. The molecule has 0 aromatic carbocycles. The van der Waals surface area contributed by atoms with Crippen molar-refractivity contribution in [2.24, 2.45) is 0 Å². The van der Waals surface area contributed by atoms with Gasteiger partial charge < -0.3 is 9.72 Å². The van der Waals surface area contributed by atoms with E-state index in [0.717, 1.165) is 24.4 Å². The lowest BCUT2D eigenvalue weighted by atomic mass is 9.99. The number of hydrogen-bond acceptors (Lipinski definition) is 2. The molecule has 0 radical (unpaired) electrons. The van der Waals surface area contributed by atoms with Crippen LogP contribution >= 0.6 is 11.6 Å². The maximum absolute atomic E-state index is 6.14. The first-order valence-corrected chi connectivity index (χ1v) is 6.07. The van der Waals surface area contributed by atoms with Gasteiger partial charge in [-0.25, -0.2) is 4.98 Å². The summed E-state index contributed by atoms with van der Waals surface area (Å²) < 4.78 is 2.11. The Bertz CT molecular complexity index is 500. The fourth-order valence-electron chi connectivity index (χ4n) is 2.38. The molecular formula is C12H14ClN3. The average molecular weight is 236 g/mol. The third kappa shape index (κ3) is 1.60. The van der Waals surface area contributed by atoms with E-state index >= 15 is 0 Å². The molecule has 4 heteroatoms. The first-order chi connectivity index (χ1) is 7.86. The highest BCUT2D eigenvalue weighted by Gasteiger charge is 2.20. The van der Waals surface area contributed by atoms with Crippen LogP contribution in [0.4, 0.5) is 0 Å². The van der Waals surface area contributed by atoms with Gasteiger partial charge in [-0.15, -0.1) is 0 Å². The smallest absolute Gasteiger partial charge is 0.155 e. The summed E-state index contributed by atoms with van der Waals surface area (Å²) in [6.45, 7) is 2.12. The number of halogens is 1. The van der Waals surface area contributed by atoms with Gasteiger partial charge in [0.05, 0.1) is 5.52 Å². The number of pyridine rings is 1. The number of hydrogen-bond donors (Lipinski definition) is 1. The van der Waals surface area contributed by atoms with Gasteiger partial charge in [0.2, 0.25) is 0 Å². The van der Waals surface area contributed by atoms with Gasteiger partial charge in [0.25, 0.3) is 0 Å². The topological polar surface area (TPSA) is 29.3 Å². The lowest BCUT2D eigenvalue weighted by Crippen LogP contribution is -2.29. The molecule has 2 aromatic rings. The Morgan fingerprint density at radius 3 is 3.19 bits per heavy atom. The van der Waals surface area contributed by atoms with Crippen LogP contribution < -0.4 is 5.32 Å². The van der Waals surface area contributed by atoms with Gasteiger partial charge in [-0.3, -0.25) is 0 Å². The molecule has 1 aliphatic heterocycles. The van der Waals surface area contributed by atoms with Gasteiger partial charge in [-0.2, -0.15) is 0 Å². The molecule has 3 heterocycles. The number of rotatable bonds is 1. The molecule has 0 spiro atoms. The summed E-state index contributed by atoms with van der Waals surface area (Å²) in [5.74, 6) is 1.57.